The van der Waals surface area contributed by atoms with Crippen molar-refractivity contribution in [2.24, 2.45) is 0 Å². The van der Waals surface area contributed by atoms with E-state index in [1.165, 1.54) is 0 Å². The number of ether oxygens (including phenoxy) is 1. The van der Waals surface area contributed by atoms with Crippen LogP contribution < -0.4 is 0 Å². The summed E-state index contributed by atoms with van der Waals surface area (Å²) < 4.78 is 5.25. The SMILES string of the molecule is CCC(C)(C)OC(C)C(=O)O. The highest BCUT2D eigenvalue weighted by molar-refractivity contribution is 5.71. The lowest BCUT2D eigenvalue weighted by Crippen LogP contribution is -2.32. The molecule has 0 rings (SSSR count). The maximum absolute atomic E-state index is 10.4. The van der Waals surface area contributed by atoms with Gasteiger partial charge in [-0.15, -0.1) is 0 Å². The molecule has 0 aromatic carbocycles. The van der Waals surface area contributed by atoms with Crippen LogP contribution >= 0.6 is 0 Å². The van der Waals surface area contributed by atoms with Crippen molar-refractivity contribution in [2.45, 2.75) is 45.8 Å². The van der Waals surface area contributed by atoms with Crippen LogP contribution in [0.3, 0.4) is 0 Å². The Balaban J connectivity index is 3.93. The predicted molar refractivity (Wildman–Crippen MR) is 42.6 cm³/mol. The highest BCUT2D eigenvalue weighted by atomic mass is 16.5. The molecule has 1 N–H and O–H groups in total. The third kappa shape index (κ3) is 3.98. The van der Waals surface area contributed by atoms with E-state index in [9.17, 15) is 4.79 Å². The molecule has 1 unspecified atom stereocenters. The van der Waals surface area contributed by atoms with E-state index >= 15 is 0 Å². The zero-order valence-electron chi connectivity index (χ0n) is 7.55. The molecule has 3 nitrogen and oxygen atoms in total. The molecule has 0 radical (unpaired) electrons. The summed E-state index contributed by atoms with van der Waals surface area (Å²) in [6.45, 7) is 7.27. The van der Waals surface area contributed by atoms with Crippen molar-refractivity contribution in [3.8, 4) is 0 Å². The molecule has 11 heavy (non-hydrogen) atoms. The number of rotatable bonds is 4. The molecule has 0 amide bonds. The fourth-order valence-electron chi connectivity index (χ4n) is 0.612. The second kappa shape index (κ2) is 3.72. The van der Waals surface area contributed by atoms with Gasteiger partial charge >= 0.3 is 5.97 Å². The topological polar surface area (TPSA) is 46.5 Å². The molecule has 0 spiro atoms. The first-order valence-electron chi connectivity index (χ1n) is 3.79. The summed E-state index contributed by atoms with van der Waals surface area (Å²) in [6, 6.07) is 0. The molecular formula is C8H16O3. The summed E-state index contributed by atoms with van der Waals surface area (Å²) in [6.07, 6.45) is 0.0925. The van der Waals surface area contributed by atoms with Crippen molar-refractivity contribution in [3.63, 3.8) is 0 Å². The molecule has 3 heteroatoms. The van der Waals surface area contributed by atoms with Crippen LogP contribution in [0.25, 0.3) is 0 Å². The molecule has 0 saturated carbocycles. The van der Waals surface area contributed by atoms with Crippen molar-refractivity contribution < 1.29 is 14.6 Å². The Morgan fingerprint density at radius 2 is 2.09 bits per heavy atom. The van der Waals surface area contributed by atoms with Crippen LogP contribution in [0.1, 0.15) is 34.1 Å². The second-order valence-electron chi connectivity index (χ2n) is 3.21. The van der Waals surface area contributed by atoms with Crippen LogP contribution in [0, 0.1) is 0 Å². The van der Waals surface area contributed by atoms with E-state index in [4.69, 9.17) is 9.84 Å². The second-order valence-corrected chi connectivity index (χ2v) is 3.21. The normalized spacial score (nSPS) is 14.5. The van der Waals surface area contributed by atoms with Crippen molar-refractivity contribution in [1.82, 2.24) is 0 Å². The van der Waals surface area contributed by atoms with Crippen LogP contribution in [0.2, 0.25) is 0 Å². The maximum atomic E-state index is 10.4. The Hall–Kier alpha value is -0.570. The van der Waals surface area contributed by atoms with Crippen LogP contribution in [-0.2, 0) is 9.53 Å². The smallest absolute Gasteiger partial charge is 0.332 e. The zero-order chi connectivity index (χ0) is 9.07. The minimum atomic E-state index is -0.911. The lowest BCUT2D eigenvalue weighted by molar-refractivity contribution is -0.159. The minimum Gasteiger partial charge on any atom is -0.479 e. The fraction of sp³-hybridized carbons (Fsp3) is 0.875. The first-order chi connectivity index (χ1) is 4.89. The van der Waals surface area contributed by atoms with Crippen LogP contribution in [0.4, 0.5) is 0 Å². The van der Waals surface area contributed by atoms with E-state index < -0.39 is 12.1 Å². The molecule has 1 atom stereocenters. The molecule has 0 fully saturated rings. The average molecular weight is 160 g/mol. The molecule has 0 aliphatic carbocycles. The van der Waals surface area contributed by atoms with Crippen molar-refractivity contribution in [1.29, 1.82) is 0 Å². The Kier molecular flexibility index (Phi) is 3.52. The number of carboxylic acids is 1. The molecule has 66 valence electrons. The van der Waals surface area contributed by atoms with Gasteiger partial charge in [-0.3, -0.25) is 0 Å². The number of hydrogen-bond acceptors (Lipinski definition) is 2. The number of carbonyl (C=O) groups is 1. The van der Waals surface area contributed by atoms with Gasteiger partial charge in [0, 0.05) is 0 Å². The minimum absolute atomic E-state index is 0.336. The molecule has 0 heterocycles. The Morgan fingerprint density at radius 3 is 2.36 bits per heavy atom. The largest absolute Gasteiger partial charge is 0.479 e. The predicted octanol–water partition coefficient (Wildman–Crippen LogP) is 1.66. The molecule has 0 bridgehead atoms. The molecular weight excluding hydrogens is 144 g/mol. The average Bonchev–Trinajstić information content (AvgIpc) is 1.87. The summed E-state index contributed by atoms with van der Waals surface area (Å²) in [5.41, 5.74) is -0.336. The van der Waals surface area contributed by atoms with Gasteiger partial charge in [0.05, 0.1) is 5.60 Å². The lowest BCUT2D eigenvalue weighted by atomic mass is 10.1. The molecule has 0 aliphatic heterocycles. The van der Waals surface area contributed by atoms with Crippen LogP contribution in [0.5, 0.6) is 0 Å². The summed E-state index contributed by atoms with van der Waals surface area (Å²) in [7, 11) is 0. The molecule has 0 saturated heterocycles. The summed E-state index contributed by atoms with van der Waals surface area (Å²) in [4.78, 5) is 10.4. The van der Waals surface area contributed by atoms with Gasteiger partial charge in [0.1, 0.15) is 0 Å². The third-order valence-electron chi connectivity index (χ3n) is 1.70. The fourth-order valence-corrected chi connectivity index (χ4v) is 0.612. The van der Waals surface area contributed by atoms with Gasteiger partial charge in [0.25, 0.3) is 0 Å². The Morgan fingerprint density at radius 1 is 1.64 bits per heavy atom. The highest BCUT2D eigenvalue weighted by Crippen LogP contribution is 2.15. The van der Waals surface area contributed by atoms with Crippen LogP contribution in [-0.4, -0.2) is 22.8 Å². The van der Waals surface area contributed by atoms with Crippen molar-refractivity contribution >= 4 is 5.97 Å². The van der Waals surface area contributed by atoms with E-state index in [0.717, 1.165) is 6.42 Å². The maximum Gasteiger partial charge on any atom is 0.332 e. The number of carboxylic acid groups (broad SMARTS) is 1. The van der Waals surface area contributed by atoms with Gasteiger partial charge in [-0.2, -0.15) is 0 Å². The van der Waals surface area contributed by atoms with Gasteiger partial charge < -0.3 is 9.84 Å². The molecule has 0 aromatic heterocycles. The number of hydrogen-bond donors (Lipinski definition) is 1. The van der Waals surface area contributed by atoms with Gasteiger partial charge in [-0.25, -0.2) is 4.79 Å². The summed E-state index contributed by atoms with van der Waals surface area (Å²) in [5, 5.41) is 8.52. The first-order valence-corrected chi connectivity index (χ1v) is 3.79. The van der Waals surface area contributed by atoms with E-state index in [2.05, 4.69) is 0 Å². The Labute approximate surface area is 67.4 Å². The van der Waals surface area contributed by atoms with Crippen molar-refractivity contribution in [3.05, 3.63) is 0 Å². The molecule has 0 aliphatic rings. The standard InChI is InChI=1S/C8H16O3/c1-5-8(3,4)11-6(2)7(9)10/h6H,5H2,1-4H3,(H,9,10). The Bertz CT molecular complexity index is 140. The number of aliphatic carboxylic acids is 1. The van der Waals surface area contributed by atoms with E-state index in [1.807, 2.05) is 20.8 Å². The quantitative estimate of drug-likeness (QED) is 0.680. The third-order valence-corrected chi connectivity index (χ3v) is 1.70. The van der Waals surface area contributed by atoms with E-state index in [0.29, 0.717) is 0 Å². The first kappa shape index (κ1) is 10.4. The van der Waals surface area contributed by atoms with E-state index in [1.54, 1.807) is 6.92 Å². The van der Waals surface area contributed by atoms with E-state index in [-0.39, 0.29) is 5.60 Å². The summed E-state index contributed by atoms with van der Waals surface area (Å²) >= 11 is 0. The van der Waals surface area contributed by atoms with Gasteiger partial charge in [0.15, 0.2) is 6.10 Å². The highest BCUT2D eigenvalue weighted by Gasteiger charge is 2.22. The lowest BCUT2D eigenvalue weighted by Gasteiger charge is -2.25. The van der Waals surface area contributed by atoms with Crippen molar-refractivity contribution in [2.75, 3.05) is 0 Å². The van der Waals surface area contributed by atoms with Gasteiger partial charge in [-0.05, 0) is 27.2 Å². The molecule has 0 aromatic rings. The monoisotopic (exact) mass is 160 g/mol. The zero-order valence-corrected chi connectivity index (χ0v) is 7.55. The van der Waals surface area contributed by atoms with Gasteiger partial charge in [0.2, 0.25) is 0 Å². The van der Waals surface area contributed by atoms with Crippen LogP contribution in [0.15, 0.2) is 0 Å². The summed E-state index contributed by atoms with van der Waals surface area (Å²) in [5.74, 6) is -0.911. The van der Waals surface area contributed by atoms with Gasteiger partial charge in [-0.1, -0.05) is 6.92 Å².